The summed E-state index contributed by atoms with van der Waals surface area (Å²) < 4.78 is 16.5. The van der Waals surface area contributed by atoms with E-state index in [9.17, 15) is 14.4 Å². The highest BCUT2D eigenvalue weighted by Crippen LogP contribution is 2.45. The van der Waals surface area contributed by atoms with Gasteiger partial charge in [-0.3, -0.25) is 4.52 Å². The Morgan fingerprint density at radius 1 is 0.708 bits per heavy atom. The van der Waals surface area contributed by atoms with E-state index in [1.54, 1.807) is 0 Å². The summed E-state index contributed by atoms with van der Waals surface area (Å²) in [4.78, 5) is 18.6. The molecule has 130 valence electrons. The lowest BCUT2D eigenvalue weighted by Crippen LogP contribution is -2.06. The highest BCUT2D eigenvalue weighted by atomic mass is 31.2. The molecule has 0 heterocycles. The van der Waals surface area contributed by atoms with E-state index in [4.69, 9.17) is 4.52 Å². The van der Waals surface area contributed by atoms with Gasteiger partial charge in [0.2, 0.25) is 0 Å². The summed E-state index contributed by atoms with van der Waals surface area (Å²) in [6.07, 6.45) is -0.798. The maximum atomic E-state index is 11.4. The molecule has 0 aliphatic heterocycles. The molecule has 0 saturated heterocycles. The minimum atomic E-state index is -4.61. The van der Waals surface area contributed by atoms with Crippen molar-refractivity contribution in [3.63, 3.8) is 0 Å². The first-order valence-corrected chi connectivity index (χ1v) is 9.64. The van der Waals surface area contributed by atoms with Crippen LogP contribution in [-0.2, 0) is 9.09 Å². The quantitative estimate of drug-likeness (QED) is 0.710. The van der Waals surface area contributed by atoms with Crippen molar-refractivity contribution in [2.24, 2.45) is 0 Å². The Morgan fingerprint density at radius 2 is 1.00 bits per heavy atom. The smallest absolute Gasteiger partial charge is 0.303 e. The summed E-state index contributed by atoms with van der Waals surface area (Å²) in [6.45, 7) is 8.40. The van der Waals surface area contributed by atoms with Crippen LogP contribution in [0.1, 0.15) is 67.9 Å². The molecule has 24 heavy (non-hydrogen) atoms. The van der Waals surface area contributed by atoms with Crippen molar-refractivity contribution in [1.29, 1.82) is 0 Å². The Kier molecular flexibility index (Phi) is 6.00. The number of hydrogen-bond acceptors (Lipinski definition) is 2. The van der Waals surface area contributed by atoms with Crippen LogP contribution >= 0.6 is 7.82 Å². The van der Waals surface area contributed by atoms with Crippen LogP contribution in [0.3, 0.4) is 0 Å². The van der Waals surface area contributed by atoms with Crippen molar-refractivity contribution in [2.45, 2.75) is 45.6 Å². The molecule has 0 amide bonds. The molecule has 0 spiro atoms. The van der Waals surface area contributed by atoms with E-state index in [1.165, 1.54) is 11.1 Å². The molecule has 2 aromatic rings. The van der Waals surface area contributed by atoms with Crippen molar-refractivity contribution < 1.29 is 18.9 Å². The summed E-state index contributed by atoms with van der Waals surface area (Å²) >= 11 is 0. The zero-order valence-corrected chi connectivity index (χ0v) is 15.4. The van der Waals surface area contributed by atoms with Gasteiger partial charge in [-0.05, 0) is 34.1 Å². The molecule has 2 aromatic carbocycles. The Bertz CT molecular complexity index is 648. The average molecular weight is 348 g/mol. The van der Waals surface area contributed by atoms with Gasteiger partial charge in [0.25, 0.3) is 0 Å². The highest BCUT2D eigenvalue weighted by Gasteiger charge is 2.25. The number of rotatable bonds is 6. The summed E-state index contributed by atoms with van der Waals surface area (Å²) in [5, 5.41) is 0. The zero-order chi connectivity index (χ0) is 17.9. The maximum absolute atomic E-state index is 11.4. The van der Waals surface area contributed by atoms with E-state index in [2.05, 4.69) is 27.7 Å². The minimum Gasteiger partial charge on any atom is -0.303 e. The van der Waals surface area contributed by atoms with Crippen LogP contribution in [0.2, 0.25) is 0 Å². The number of benzene rings is 2. The van der Waals surface area contributed by atoms with E-state index in [1.807, 2.05) is 48.5 Å². The first-order chi connectivity index (χ1) is 11.2. The van der Waals surface area contributed by atoms with E-state index in [-0.39, 0.29) is 0 Å². The third-order valence-electron chi connectivity index (χ3n) is 4.05. The Labute approximate surface area is 143 Å². The van der Waals surface area contributed by atoms with Gasteiger partial charge in [-0.1, -0.05) is 76.2 Å². The number of hydrogen-bond donors (Lipinski definition) is 2. The first kappa shape index (κ1) is 18.9. The summed E-state index contributed by atoms with van der Waals surface area (Å²) in [5.41, 5.74) is 3.78. The Morgan fingerprint density at radius 3 is 1.25 bits per heavy atom. The Balaban J connectivity index is 2.39. The largest absolute Gasteiger partial charge is 0.470 e. The van der Waals surface area contributed by atoms with Gasteiger partial charge in [-0.2, -0.15) is 0 Å². The highest BCUT2D eigenvalue weighted by molar-refractivity contribution is 7.46. The van der Waals surface area contributed by atoms with Crippen molar-refractivity contribution >= 4 is 7.82 Å². The average Bonchev–Trinajstić information content (AvgIpc) is 2.52. The standard InChI is InChI=1S/C19H25O4P/c1-13(2)15-5-9-17(10-6-15)19(23-24(20,21)22)18-11-7-16(8-12-18)14(3)4/h5-14,19H,1-4H3,(H2,20,21,22). The molecule has 2 N–H and O–H groups in total. The van der Waals surface area contributed by atoms with Crippen LogP contribution in [0.15, 0.2) is 48.5 Å². The van der Waals surface area contributed by atoms with Crippen LogP contribution in [0.4, 0.5) is 0 Å². The second kappa shape index (κ2) is 7.62. The van der Waals surface area contributed by atoms with Gasteiger partial charge in [0.1, 0.15) is 6.10 Å². The zero-order valence-electron chi connectivity index (χ0n) is 14.5. The lowest BCUT2D eigenvalue weighted by atomic mass is 9.95. The number of phosphoric acid groups is 1. The fourth-order valence-electron chi connectivity index (χ4n) is 2.56. The van der Waals surface area contributed by atoms with Crippen molar-refractivity contribution in [3.05, 3.63) is 70.8 Å². The summed E-state index contributed by atoms with van der Waals surface area (Å²) in [7, 11) is -4.61. The lowest BCUT2D eigenvalue weighted by molar-refractivity contribution is 0.158. The van der Waals surface area contributed by atoms with Gasteiger partial charge in [0, 0.05) is 0 Å². The molecular weight excluding hydrogens is 323 g/mol. The van der Waals surface area contributed by atoms with Crippen molar-refractivity contribution in [1.82, 2.24) is 0 Å². The first-order valence-electron chi connectivity index (χ1n) is 8.11. The van der Waals surface area contributed by atoms with Gasteiger partial charge in [0.15, 0.2) is 0 Å². The SMILES string of the molecule is CC(C)c1ccc(C(OP(=O)(O)O)c2ccc(C(C)C)cc2)cc1. The molecule has 0 radical (unpaired) electrons. The van der Waals surface area contributed by atoms with Crippen LogP contribution in [0, 0.1) is 0 Å². The molecule has 0 unspecified atom stereocenters. The van der Waals surface area contributed by atoms with Crippen molar-refractivity contribution in [2.75, 3.05) is 0 Å². The fraction of sp³-hybridized carbons (Fsp3) is 0.368. The lowest BCUT2D eigenvalue weighted by Gasteiger charge is -2.20. The second-order valence-electron chi connectivity index (χ2n) is 6.62. The monoisotopic (exact) mass is 348 g/mol. The maximum Gasteiger partial charge on any atom is 0.470 e. The van der Waals surface area contributed by atoms with Gasteiger partial charge in [0.05, 0.1) is 0 Å². The van der Waals surface area contributed by atoms with Crippen LogP contribution in [0.5, 0.6) is 0 Å². The molecule has 4 nitrogen and oxygen atoms in total. The van der Waals surface area contributed by atoms with E-state index >= 15 is 0 Å². The normalized spacial score (nSPS) is 12.4. The fourth-order valence-corrected chi connectivity index (χ4v) is 3.08. The summed E-state index contributed by atoms with van der Waals surface area (Å²) in [5.74, 6) is 0.788. The van der Waals surface area contributed by atoms with Crippen molar-refractivity contribution in [3.8, 4) is 0 Å². The molecule has 0 aromatic heterocycles. The molecular formula is C19H25O4P. The molecule has 0 aliphatic carbocycles. The molecule has 0 bridgehead atoms. The molecule has 0 atom stereocenters. The van der Waals surface area contributed by atoms with Gasteiger partial charge in [-0.25, -0.2) is 4.57 Å². The molecule has 5 heteroatoms. The minimum absolute atomic E-state index is 0.394. The van der Waals surface area contributed by atoms with E-state index in [0.29, 0.717) is 11.8 Å². The number of phosphoric ester groups is 1. The van der Waals surface area contributed by atoms with E-state index in [0.717, 1.165) is 11.1 Å². The summed E-state index contributed by atoms with van der Waals surface area (Å²) in [6, 6.07) is 15.4. The van der Waals surface area contributed by atoms with Crippen LogP contribution < -0.4 is 0 Å². The third kappa shape index (κ3) is 5.02. The molecule has 0 fully saturated rings. The van der Waals surface area contributed by atoms with Crippen LogP contribution in [0.25, 0.3) is 0 Å². The molecule has 0 saturated carbocycles. The van der Waals surface area contributed by atoms with Gasteiger partial charge >= 0.3 is 7.82 Å². The predicted octanol–water partition coefficient (Wildman–Crippen LogP) is 5.13. The second-order valence-corrected chi connectivity index (χ2v) is 7.81. The van der Waals surface area contributed by atoms with Gasteiger partial charge < -0.3 is 9.79 Å². The van der Waals surface area contributed by atoms with E-state index < -0.39 is 13.9 Å². The van der Waals surface area contributed by atoms with Gasteiger partial charge in [-0.15, -0.1) is 0 Å². The third-order valence-corrected chi connectivity index (χ3v) is 4.54. The predicted molar refractivity (Wildman–Crippen MR) is 96.0 cm³/mol. The molecule has 2 rings (SSSR count). The van der Waals surface area contributed by atoms with Crippen LogP contribution in [-0.4, -0.2) is 9.79 Å². The molecule has 0 aliphatic rings. The Hall–Kier alpha value is -1.45. The topological polar surface area (TPSA) is 66.8 Å².